The second-order valence-corrected chi connectivity index (χ2v) is 20.9. The molecule has 0 aliphatic rings. The number of esters is 3. The summed E-state index contributed by atoms with van der Waals surface area (Å²) in [5.41, 5.74) is 0. The van der Waals surface area contributed by atoms with Crippen LogP contribution in [0.3, 0.4) is 0 Å². The van der Waals surface area contributed by atoms with Gasteiger partial charge in [0.2, 0.25) is 0 Å². The van der Waals surface area contributed by atoms with E-state index < -0.39 is 6.10 Å². The largest absolute Gasteiger partial charge is 0.462 e. The molecule has 0 aromatic heterocycles. The van der Waals surface area contributed by atoms with Crippen molar-refractivity contribution in [1.29, 1.82) is 0 Å². The molecule has 0 heterocycles. The van der Waals surface area contributed by atoms with Gasteiger partial charge in [-0.2, -0.15) is 0 Å². The highest BCUT2D eigenvalue weighted by Crippen LogP contribution is 2.16. The van der Waals surface area contributed by atoms with E-state index in [4.69, 9.17) is 14.2 Å². The van der Waals surface area contributed by atoms with Crippen LogP contribution in [0.25, 0.3) is 0 Å². The molecule has 0 saturated heterocycles. The van der Waals surface area contributed by atoms with Crippen molar-refractivity contribution in [1.82, 2.24) is 0 Å². The summed E-state index contributed by atoms with van der Waals surface area (Å²) in [6.07, 6.45) is 84.2. The van der Waals surface area contributed by atoms with Crippen LogP contribution in [0.5, 0.6) is 0 Å². The molecule has 0 saturated carbocycles. The van der Waals surface area contributed by atoms with E-state index in [-0.39, 0.29) is 31.1 Å². The maximum absolute atomic E-state index is 12.9. The van der Waals surface area contributed by atoms with Gasteiger partial charge in [0.05, 0.1) is 0 Å². The lowest BCUT2D eigenvalue weighted by Gasteiger charge is -2.18. The second-order valence-electron chi connectivity index (χ2n) is 20.9. The van der Waals surface area contributed by atoms with Gasteiger partial charge in [0.15, 0.2) is 6.10 Å². The molecule has 1 unspecified atom stereocenters. The number of carbonyl (C=O) groups excluding carboxylic acids is 3. The third-order valence-electron chi connectivity index (χ3n) is 13.6. The first kappa shape index (κ1) is 71.3. The monoisotopic (exact) mass is 1040 g/mol. The summed E-state index contributed by atoms with van der Waals surface area (Å²) in [6.45, 7) is 6.40. The van der Waals surface area contributed by atoms with Gasteiger partial charge >= 0.3 is 17.9 Å². The van der Waals surface area contributed by atoms with Crippen molar-refractivity contribution in [3.63, 3.8) is 0 Å². The number of allylic oxidation sites excluding steroid dienone is 16. The standard InChI is InChI=1S/C69H118O6/c1-4-7-10-13-16-19-22-25-27-29-30-31-32-33-34-35-36-37-38-40-41-44-47-50-53-56-59-62-68(71)74-65-66(64-73-67(70)61-58-55-52-49-46-43-24-21-18-15-12-9-6-3)75-69(72)63-60-57-54-51-48-45-42-39-28-26-23-20-17-14-11-8-5-2/h7,9-10,12,16,18-19,21,25-28,30-31,43,46,66H,4-6,8,11,13-15,17,20,22-24,29,32-42,44-45,47-65H2,1-3H3/b10-7-,12-9-,19-16-,21-18-,27-25-,28-26-,31-30-,46-43-. The van der Waals surface area contributed by atoms with Gasteiger partial charge in [-0.05, 0) is 116 Å². The average Bonchev–Trinajstić information content (AvgIpc) is 3.41. The Bertz CT molecular complexity index is 1480. The van der Waals surface area contributed by atoms with Crippen LogP contribution < -0.4 is 0 Å². The van der Waals surface area contributed by atoms with E-state index in [0.717, 1.165) is 109 Å². The predicted octanol–water partition coefficient (Wildman–Crippen LogP) is 21.7. The highest BCUT2D eigenvalue weighted by Gasteiger charge is 2.19. The van der Waals surface area contributed by atoms with Crippen molar-refractivity contribution in [2.45, 2.75) is 309 Å². The van der Waals surface area contributed by atoms with Crippen LogP contribution in [-0.4, -0.2) is 37.2 Å². The summed E-state index contributed by atoms with van der Waals surface area (Å²) in [5, 5.41) is 0. The minimum Gasteiger partial charge on any atom is -0.462 e. The molecule has 6 heteroatoms. The number of ether oxygens (including phenoxy) is 3. The normalized spacial score (nSPS) is 12.7. The summed E-state index contributed by atoms with van der Waals surface area (Å²) in [6, 6.07) is 0. The van der Waals surface area contributed by atoms with Gasteiger partial charge in [-0.3, -0.25) is 14.4 Å². The molecule has 0 radical (unpaired) electrons. The SMILES string of the molecule is CC/C=C\C/C=C\C/C=C\C/C=C\CCCCCCCCCCCCCCCCC(=O)OCC(COC(=O)CCCCC/C=C\C/C=C\C/C=C\CC)OC(=O)CCCCCCCCC/C=C\CCCCCCCC. The van der Waals surface area contributed by atoms with Crippen molar-refractivity contribution in [3.05, 3.63) is 97.2 Å². The Labute approximate surface area is 464 Å². The van der Waals surface area contributed by atoms with Crippen molar-refractivity contribution in [2.24, 2.45) is 0 Å². The molecule has 0 N–H and O–H groups in total. The van der Waals surface area contributed by atoms with E-state index >= 15 is 0 Å². The van der Waals surface area contributed by atoms with Gasteiger partial charge in [-0.1, -0.05) is 266 Å². The molecule has 0 amide bonds. The Hall–Kier alpha value is -3.67. The molecule has 0 aliphatic carbocycles. The van der Waals surface area contributed by atoms with Crippen LogP contribution in [0.2, 0.25) is 0 Å². The summed E-state index contributed by atoms with van der Waals surface area (Å²) in [4.78, 5) is 38.3. The summed E-state index contributed by atoms with van der Waals surface area (Å²) >= 11 is 0. The zero-order valence-corrected chi connectivity index (χ0v) is 49.3. The van der Waals surface area contributed by atoms with Crippen LogP contribution in [0.15, 0.2) is 97.2 Å². The molecule has 0 aliphatic heterocycles. The molecule has 0 aromatic carbocycles. The first-order valence-electron chi connectivity index (χ1n) is 31.7. The third kappa shape index (κ3) is 61.1. The molecule has 6 nitrogen and oxygen atoms in total. The molecule has 0 bridgehead atoms. The smallest absolute Gasteiger partial charge is 0.306 e. The topological polar surface area (TPSA) is 78.9 Å². The lowest BCUT2D eigenvalue weighted by Crippen LogP contribution is -2.30. The fourth-order valence-electron chi connectivity index (χ4n) is 8.86. The van der Waals surface area contributed by atoms with Crippen LogP contribution in [0, 0.1) is 0 Å². The number of hydrogen-bond donors (Lipinski definition) is 0. The molecular formula is C69H118O6. The van der Waals surface area contributed by atoms with Crippen molar-refractivity contribution in [2.75, 3.05) is 13.2 Å². The third-order valence-corrected chi connectivity index (χ3v) is 13.6. The predicted molar refractivity (Wildman–Crippen MR) is 325 cm³/mol. The van der Waals surface area contributed by atoms with Gasteiger partial charge < -0.3 is 14.2 Å². The zero-order chi connectivity index (χ0) is 54.3. The van der Waals surface area contributed by atoms with Crippen LogP contribution in [-0.2, 0) is 28.6 Å². The van der Waals surface area contributed by atoms with E-state index in [1.165, 1.54) is 154 Å². The fraction of sp³-hybridized carbons (Fsp3) is 0.725. The molecule has 75 heavy (non-hydrogen) atoms. The average molecular weight is 1040 g/mol. The van der Waals surface area contributed by atoms with Gasteiger partial charge in [0, 0.05) is 19.3 Å². The van der Waals surface area contributed by atoms with E-state index in [1.807, 2.05) is 0 Å². The Morgan fingerprint density at radius 3 is 0.840 bits per heavy atom. The second kappa shape index (κ2) is 62.9. The number of unbranched alkanes of at least 4 members (excludes halogenated alkanes) is 30. The lowest BCUT2D eigenvalue weighted by molar-refractivity contribution is -0.167. The minimum atomic E-state index is -0.792. The van der Waals surface area contributed by atoms with Crippen molar-refractivity contribution >= 4 is 17.9 Å². The minimum absolute atomic E-state index is 0.0876. The maximum atomic E-state index is 12.9. The highest BCUT2D eigenvalue weighted by molar-refractivity contribution is 5.71. The molecule has 1 atom stereocenters. The number of hydrogen-bond acceptors (Lipinski definition) is 6. The molecule has 430 valence electrons. The Morgan fingerprint density at radius 2 is 0.520 bits per heavy atom. The van der Waals surface area contributed by atoms with Gasteiger partial charge in [-0.15, -0.1) is 0 Å². The molecule has 0 aromatic rings. The number of rotatable bonds is 57. The van der Waals surface area contributed by atoms with E-state index in [1.54, 1.807) is 0 Å². The summed E-state index contributed by atoms with van der Waals surface area (Å²) in [7, 11) is 0. The first-order valence-corrected chi connectivity index (χ1v) is 31.7. The number of carbonyl (C=O) groups is 3. The Morgan fingerprint density at radius 1 is 0.280 bits per heavy atom. The van der Waals surface area contributed by atoms with Crippen LogP contribution in [0.4, 0.5) is 0 Å². The molecular weight excluding hydrogens is 925 g/mol. The molecule has 0 spiro atoms. The molecule has 0 rings (SSSR count). The van der Waals surface area contributed by atoms with E-state index in [2.05, 4.69) is 118 Å². The first-order chi connectivity index (χ1) is 37.0. The van der Waals surface area contributed by atoms with E-state index in [0.29, 0.717) is 19.3 Å². The van der Waals surface area contributed by atoms with E-state index in [9.17, 15) is 14.4 Å². The quantitative estimate of drug-likeness (QED) is 0.0261. The lowest BCUT2D eigenvalue weighted by atomic mass is 10.0. The molecule has 0 fully saturated rings. The van der Waals surface area contributed by atoms with Crippen LogP contribution in [0.1, 0.15) is 303 Å². The van der Waals surface area contributed by atoms with Crippen molar-refractivity contribution < 1.29 is 28.6 Å². The van der Waals surface area contributed by atoms with Gasteiger partial charge in [0.1, 0.15) is 13.2 Å². The Balaban J connectivity index is 4.28. The van der Waals surface area contributed by atoms with Gasteiger partial charge in [-0.25, -0.2) is 0 Å². The zero-order valence-electron chi connectivity index (χ0n) is 49.3. The van der Waals surface area contributed by atoms with Crippen LogP contribution >= 0.6 is 0 Å². The fourth-order valence-corrected chi connectivity index (χ4v) is 8.86. The maximum Gasteiger partial charge on any atom is 0.306 e. The highest BCUT2D eigenvalue weighted by atomic mass is 16.6. The summed E-state index contributed by atoms with van der Waals surface area (Å²) in [5.74, 6) is -0.914. The van der Waals surface area contributed by atoms with Gasteiger partial charge in [0.25, 0.3) is 0 Å². The summed E-state index contributed by atoms with van der Waals surface area (Å²) < 4.78 is 16.9. The van der Waals surface area contributed by atoms with Crippen molar-refractivity contribution in [3.8, 4) is 0 Å². The Kier molecular flexibility index (Phi) is 59.8.